The Morgan fingerprint density at radius 1 is 1.19 bits per heavy atom. The molecule has 1 aromatic heterocycles. The Morgan fingerprint density at radius 2 is 1.97 bits per heavy atom. The van der Waals surface area contributed by atoms with Crippen LogP contribution in [0.3, 0.4) is 0 Å². The molecule has 172 valence electrons. The van der Waals surface area contributed by atoms with Crippen molar-refractivity contribution in [2.45, 2.75) is 19.4 Å². The van der Waals surface area contributed by atoms with Crippen LogP contribution in [0.15, 0.2) is 42.5 Å². The molecule has 1 aliphatic rings. The lowest BCUT2D eigenvalue weighted by Crippen LogP contribution is -2.47. The van der Waals surface area contributed by atoms with E-state index in [4.69, 9.17) is 19.2 Å². The van der Waals surface area contributed by atoms with Crippen LogP contribution in [-0.2, 0) is 4.79 Å². The molecule has 0 saturated carbocycles. The molecule has 2 heterocycles. The standard InChI is InChI=1S/C23H27N3O4S.ClH/c1-4-28-16-10-11-17-21(14-16)31-23(24-17)26(13-7-12-25(2)3)22(27)20-15-29-18-8-5-6-9-19(18)30-20;/h5-6,8-11,14,20H,4,7,12-13,15H2,1-3H3;1H. The average Bonchev–Trinajstić information content (AvgIpc) is 3.19. The Labute approximate surface area is 198 Å². The van der Waals surface area contributed by atoms with E-state index in [9.17, 15) is 4.79 Å². The Hall–Kier alpha value is -2.55. The molecule has 1 unspecified atom stereocenters. The molecule has 32 heavy (non-hydrogen) atoms. The number of amides is 1. The van der Waals surface area contributed by atoms with Crippen LogP contribution in [0.1, 0.15) is 13.3 Å². The minimum atomic E-state index is -0.708. The fourth-order valence-electron chi connectivity index (χ4n) is 3.42. The van der Waals surface area contributed by atoms with Gasteiger partial charge in [-0.05, 0) is 64.3 Å². The highest BCUT2D eigenvalue weighted by Gasteiger charge is 2.33. The number of nitrogens with zero attached hydrogens (tertiary/aromatic N) is 3. The molecular weight excluding hydrogens is 450 g/mol. The molecule has 1 atom stereocenters. The molecule has 4 rings (SSSR count). The first kappa shape index (κ1) is 24.1. The molecule has 0 saturated heterocycles. The topological polar surface area (TPSA) is 64.1 Å². The van der Waals surface area contributed by atoms with Crippen molar-refractivity contribution >= 4 is 45.0 Å². The van der Waals surface area contributed by atoms with Gasteiger partial charge in [0.15, 0.2) is 16.6 Å². The van der Waals surface area contributed by atoms with Crippen molar-refractivity contribution in [3.63, 3.8) is 0 Å². The molecule has 7 nitrogen and oxygen atoms in total. The summed E-state index contributed by atoms with van der Waals surface area (Å²) in [6.45, 7) is 4.16. The third-order valence-corrected chi connectivity index (χ3v) is 5.97. The van der Waals surface area contributed by atoms with Crippen molar-refractivity contribution in [3.8, 4) is 17.2 Å². The first-order valence-corrected chi connectivity index (χ1v) is 11.2. The maximum absolute atomic E-state index is 13.5. The maximum atomic E-state index is 13.5. The maximum Gasteiger partial charge on any atom is 0.273 e. The summed E-state index contributed by atoms with van der Waals surface area (Å²) in [5, 5.41) is 0.662. The van der Waals surface area contributed by atoms with Crippen molar-refractivity contribution in [1.82, 2.24) is 9.88 Å². The Bertz CT molecular complexity index is 1060. The highest BCUT2D eigenvalue weighted by Crippen LogP contribution is 2.34. The summed E-state index contributed by atoms with van der Waals surface area (Å²) < 4.78 is 18.3. The fraction of sp³-hybridized carbons (Fsp3) is 0.391. The van der Waals surface area contributed by atoms with Gasteiger partial charge in [0.1, 0.15) is 12.4 Å². The van der Waals surface area contributed by atoms with Gasteiger partial charge >= 0.3 is 0 Å². The lowest BCUT2D eigenvalue weighted by Gasteiger charge is -2.29. The second kappa shape index (κ2) is 10.8. The number of para-hydroxylation sites is 2. The number of benzene rings is 2. The van der Waals surface area contributed by atoms with E-state index in [2.05, 4.69) is 4.90 Å². The van der Waals surface area contributed by atoms with Gasteiger partial charge in [-0.25, -0.2) is 4.98 Å². The Morgan fingerprint density at radius 3 is 2.72 bits per heavy atom. The van der Waals surface area contributed by atoms with Crippen LogP contribution in [0, 0.1) is 0 Å². The number of fused-ring (bicyclic) bond motifs is 2. The number of carbonyl (C=O) groups excluding carboxylic acids is 1. The number of carbonyl (C=O) groups is 1. The number of anilines is 1. The van der Waals surface area contributed by atoms with E-state index in [0.29, 0.717) is 29.8 Å². The zero-order chi connectivity index (χ0) is 21.8. The molecule has 9 heteroatoms. The van der Waals surface area contributed by atoms with E-state index in [1.807, 2.05) is 63.5 Å². The fourth-order valence-corrected chi connectivity index (χ4v) is 4.45. The van der Waals surface area contributed by atoms with Gasteiger partial charge in [-0.1, -0.05) is 23.5 Å². The van der Waals surface area contributed by atoms with Crippen LogP contribution in [0.5, 0.6) is 17.2 Å². The van der Waals surface area contributed by atoms with Crippen LogP contribution in [0.4, 0.5) is 5.13 Å². The van der Waals surface area contributed by atoms with E-state index in [-0.39, 0.29) is 24.9 Å². The minimum absolute atomic E-state index is 0. The van der Waals surface area contributed by atoms with Crippen molar-refractivity contribution in [1.29, 1.82) is 0 Å². The van der Waals surface area contributed by atoms with E-state index >= 15 is 0 Å². The molecular formula is C23H28ClN3O4S. The van der Waals surface area contributed by atoms with Crippen LogP contribution in [-0.4, -0.2) is 62.3 Å². The first-order chi connectivity index (χ1) is 15.0. The average molecular weight is 478 g/mol. The lowest BCUT2D eigenvalue weighted by atomic mass is 10.2. The highest BCUT2D eigenvalue weighted by atomic mass is 35.5. The second-order valence-electron chi connectivity index (χ2n) is 7.57. The normalized spacial score (nSPS) is 14.8. The SMILES string of the molecule is CCOc1ccc2nc(N(CCCN(C)C)C(=O)C3COc4ccccc4O3)sc2c1.Cl. The van der Waals surface area contributed by atoms with E-state index in [0.717, 1.165) is 28.9 Å². The molecule has 2 aromatic carbocycles. The molecule has 0 aliphatic carbocycles. The molecule has 3 aromatic rings. The monoisotopic (exact) mass is 477 g/mol. The quantitative estimate of drug-likeness (QED) is 0.483. The summed E-state index contributed by atoms with van der Waals surface area (Å²) in [5.74, 6) is 1.91. The highest BCUT2D eigenvalue weighted by molar-refractivity contribution is 7.22. The third kappa shape index (κ3) is 5.43. The summed E-state index contributed by atoms with van der Waals surface area (Å²) in [6.07, 6.45) is 0.114. The number of halogens is 1. The number of ether oxygens (including phenoxy) is 3. The molecule has 0 bridgehead atoms. The van der Waals surface area contributed by atoms with Crippen molar-refractivity contribution in [2.24, 2.45) is 0 Å². The molecule has 0 fully saturated rings. The molecule has 0 N–H and O–H groups in total. The minimum Gasteiger partial charge on any atom is -0.494 e. The van der Waals surface area contributed by atoms with Gasteiger partial charge in [0, 0.05) is 6.54 Å². The van der Waals surface area contributed by atoms with E-state index in [1.54, 1.807) is 4.90 Å². The first-order valence-electron chi connectivity index (χ1n) is 10.4. The largest absolute Gasteiger partial charge is 0.494 e. The summed E-state index contributed by atoms with van der Waals surface area (Å²) in [7, 11) is 4.04. The smallest absolute Gasteiger partial charge is 0.273 e. The number of rotatable bonds is 8. The van der Waals surface area contributed by atoms with Gasteiger partial charge in [0.25, 0.3) is 5.91 Å². The van der Waals surface area contributed by atoms with Crippen LogP contribution >= 0.6 is 23.7 Å². The zero-order valence-electron chi connectivity index (χ0n) is 18.4. The van der Waals surface area contributed by atoms with Crippen LogP contribution in [0.2, 0.25) is 0 Å². The van der Waals surface area contributed by atoms with Crippen LogP contribution < -0.4 is 19.1 Å². The van der Waals surface area contributed by atoms with Crippen molar-refractivity contribution in [3.05, 3.63) is 42.5 Å². The van der Waals surface area contributed by atoms with Gasteiger partial charge in [0.05, 0.1) is 16.8 Å². The summed E-state index contributed by atoms with van der Waals surface area (Å²) in [6, 6.07) is 13.2. The predicted octanol–water partition coefficient (Wildman–Crippen LogP) is 4.24. The molecule has 1 aliphatic heterocycles. The van der Waals surface area contributed by atoms with Gasteiger partial charge in [0.2, 0.25) is 6.10 Å². The van der Waals surface area contributed by atoms with Gasteiger partial charge in [-0.3, -0.25) is 9.69 Å². The Balaban J connectivity index is 0.00000289. The molecule has 0 radical (unpaired) electrons. The second-order valence-corrected chi connectivity index (χ2v) is 8.58. The van der Waals surface area contributed by atoms with Crippen molar-refractivity contribution in [2.75, 3.05) is 45.3 Å². The number of hydrogen-bond acceptors (Lipinski definition) is 7. The van der Waals surface area contributed by atoms with Crippen LogP contribution in [0.25, 0.3) is 10.2 Å². The van der Waals surface area contributed by atoms with E-state index in [1.165, 1.54) is 11.3 Å². The predicted molar refractivity (Wildman–Crippen MR) is 130 cm³/mol. The van der Waals surface area contributed by atoms with Crippen molar-refractivity contribution < 1.29 is 19.0 Å². The van der Waals surface area contributed by atoms with Gasteiger partial charge < -0.3 is 19.1 Å². The molecule has 1 amide bonds. The summed E-state index contributed by atoms with van der Waals surface area (Å²) in [4.78, 5) is 22.0. The number of aromatic nitrogens is 1. The van der Waals surface area contributed by atoms with E-state index < -0.39 is 6.10 Å². The molecule has 0 spiro atoms. The van der Waals surface area contributed by atoms with Gasteiger partial charge in [-0.15, -0.1) is 12.4 Å². The zero-order valence-corrected chi connectivity index (χ0v) is 20.1. The lowest BCUT2D eigenvalue weighted by molar-refractivity contribution is -0.127. The Kier molecular flexibility index (Phi) is 8.17. The number of thiazole rings is 1. The van der Waals surface area contributed by atoms with Gasteiger partial charge in [-0.2, -0.15) is 0 Å². The summed E-state index contributed by atoms with van der Waals surface area (Å²) in [5.41, 5.74) is 0.847. The third-order valence-electron chi connectivity index (χ3n) is 4.93. The summed E-state index contributed by atoms with van der Waals surface area (Å²) >= 11 is 1.49. The number of hydrogen-bond donors (Lipinski definition) is 0.